The number of carbonyl (C=O) groups is 1. The summed E-state index contributed by atoms with van der Waals surface area (Å²) >= 11 is 1.22. The lowest BCUT2D eigenvalue weighted by Crippen LogP contribution is -2.19. The molecule has 1 N–H and O–H groups in total. The molecule has 2 aromatic carbocycles. The van der Waals surface area contributed by atoms with Gasteiger partial charge < -0.3 is 10.2 Å². The maximum absolute atomic E-state index is 12.3. The van der Waals surface area contributed by atoms with Crippen LogP contribution in [0.25, 0.3) is 6.08 Å². The number of nitro groups is 1. The van der Waals surface area contributed by atoms with Crippen molar-refractivity contribution >= 4 is 46.0 Å². The van der Waals surface area contributed by atoms with Crippen LogP contribution in [0.2, 0.25) is 0 Å². The Labute approximate surface area is 167 Å². The van der Waals surface area contributed by atoms with Gasteiger partial charge in [-0.05, 0) is 54.4 Å². The van der Waals surface area contributed by atoms with E-state index in [1.807, 2.05) is 32.0 Å². The van der Waals surface area contributed by atoms with Gasteiger partial charge in [0, 0.05) is 20.2 Å². The molecule has 1 amide bonds. The zero-order valence-corrected chi connectivity index (χ0v) is 16.8. The lowest BCUT2D eigenvalue weighted by atomic mass is 10.1. The predicted octanol–water partition coefficient (Wildman–Crippen LogP) is 4.17. The Balaban J connectivity index is 1.92. The first-order valence-electron chi connectivity index (χ1n) is 8.58. The zero-order valence-electron chi connectivity index (χ0n) is 16.0. The summed E-state index contributed by atoms with van der Waals surface area (Å²) in [6.45, 7) is 3.94. The van der Waals surface area contributed by atoms with Gasteiger partial charge in [-0.2, -0.15) is 0 Å². The van der Waals surface area contributed by atoms with Gasteiger partial charge in [-0.25, -0.2) is 4.99 Å². The minimum Gasteiger partial charge on any atom is -0.372 e. The van der Waals surface area contributed by atoms with E-state index in [-0.39, 0.29) is 11.6 Å². The SMILES string of the molecule is Cc1cccc(C)c1N=C1NC(=O)/C(=C/c2ccc(N(C)C)c([N+](=O)[O-])c2)S1. The van der Waals surface area contributed by atoms with Crippen LogP contribution in [0.1, 0.15) is 16.7 Å². The van der Waals surface area contributed by atoms with E-state index in [0.717, 1.165) is 16.8 Å². The molecule has 1 saturated heterocycles. The number of nitrogens with one attached hydrogen (secondary N) is 1. The Hall–Kier alpha value is -3.13. The number of hydrogen-bond acceptors (Lipinski definition) is 6. The van der Waals surface area contributed by atoms with E-state index in [4.69, 9.17) is 0 Å². The van der Waals surface area contributed by atoms with Crippen molar-refractivity contribution in [3.63, 3.8) is 0 Å². The largest absolute Gasteiger partial charge is 0.372 e. The average Bonchev–Trinajstić information content (AvgIpc) is 2.97. The van der Waals surface area contributed by atoms with Gasteiger partial charge in [0.05, 0.1) is 15.5 Å². The number of amidine groups is 1. The molecule has 1 fully saturated rings. The molecule has 1 aliphatic rings. The summed E-state index contributed by atoms with van der Waals surface area (Å²) in [5.74, 6) is -0.269. The summed E-state index contributed by atoms with van der Waals surface area (Å²) in [6, 6.07) is 10.8. The molecule has 2 aromatic rings. The van der Waals surface area contributed by atoms with Crippen molar-refractivity contribution in [3.8, 4) is 0 Å². The standard InChI is InChI=1S/C20H20N4O3S/c1-12-6-5-7-13(2)18(12)21-20-22-19(25)17(28-20)11-14-8-9-15(23(3)4)16(10-14)24(26)27/h5-11H,1-4H3,(H,21,22,25)/b17-11-. The first-order chi connectivity index (χ1) is 13.3. The van der Waals surface area contributed by atoms with E-state index < -0.39 is 4.92 Å². The quantitative estimate of drug-likeness (QED) is 0.476. The smallest absolute Gasteiger partial charge is 0.293 e. The summed E-state index contributed by atoms with van der Waals surface area (Å²) in [7, 11) is 3.49. The Bertz CT molecular complexity index is 1010. The van der Waals surface area contributed by atoms with Crippen LogP contribution in [0, 0.1) is 24.0 Å². The van der Waals surface area contributed by atoms with Crippen molar-refractivity contribution in [2.24, 2.45) is 4.99 Å². The summed E-state index contributed by atoms with van der Waals surface area (Å²) in [5, 5.41) is 14.6. The van der Waals surface area contributed by atoms with Gasteiger partial charge in [-0.15, -0.1) is 0 Å². The minimum atomic E-state index is -0.424. The predicted molar refractivity (Wildman–Crippen MR) is 114 cm³/mol. The summed E-state index contributed by atoms with van der Waals surface area (Å²) in [6.07, 6.45) is 1.64. The number of carbonyl (C=O) groups excluding carboxylic acids is 1. The van der Waals surface area contributed by atoms with Gasteiger partial charge in [-0.3, -0.25) is 14.9 Å². The van der Waals surface area contributed by atoms with Crippen LogP contribution in [0.15, 0.2) is 46.3 Å². The van der Waals surface area contributed by atoms with Crippen LogP contribution in [0.3, 0.4) is 0 Å². The van der Waals surface area contributed by atoms with Gasteiger partial charge >= 0.3 is 0 Å². The molecular weight excluding hydrogens is 376 g/mol. The molecule has 7 nitrogen and oxygen atoms in total. The third-order valence-corrected chi connectivity index (χ3v) is 5.19. The first-order valence-corrected chi connectivity index (χ1v) is 9.39. The number of nitro benzene ring substituents is 1. The number of thioether (sulfide) groups is 1. The Morgan fingerprint density at radius 3 is 2.46 bits per heavy atom. The van der Waals surface area contributed by atoms with Crippen molar-refractivity contribution in [2.45, 2.75) is 13.8 Å². The van der Waals surface area contributed by atoms with Gasteiger partial charge in [-0.1, -0.05) is 24.3 Å². The van der Waals surface area contributed by atoms with Gasteiger partial charge in [0.15, 0.2) is 5.17 Å². The number of benzene rings is 2. The Morgan fingerprint density at radius 2 is 1.86 bits per heavy atom. The number of anilines is 1. The van der Waals surface area contributed by atoms with E-state index in [2.05, 4.69) is 10.3 Å². The maximum atomic E-state index is 12.3. The Kier molecular flexibility index (Phi) is 5.51. The van der Waals surface area contributed by atoms with Crippen LogP contribution in [-0.4, -0.2) is 30.1 Å². The van der Waals surface area contributed by atoms with Crippen molar-refractivity contribution in [1.82, 2.24) is 5.32 Å². The number of hydrogen-bond donors (Lipinski definition) is 1. The fourth-order valence-corrected chi connectivity index (χ4v) is 3.70. The van der Waals surface area contributed by atoms with Crippen LogP contribution < -0.4 is 10.2 Å². The van der Waals surface area contributed by atoms with Crippen molar-refractivity contribution < 1.29 is 9.72 Å². The number of aliphatic imine (C=N–C) groups is 1. The molecule has 3 rings (SSSR count). The third kappa shape index (κ3) is 4.07. The molecule has 144 valence electrons. The molecule has 0 spiro atoms. The molecule has 0 radical (unpaired) electrons. The normalized spacial score (nSPS) is 16.5. The van der Waals surface area contributed by atoms with Crippen molar-refractivity contribution in [1.29, 1.82) is 0 Å². The van der Waals surface area contributed by atoms with Gasteiger partial charge in [0.25, 0.3) is 11.6 Å². The highest BCUT2D eigenvalue weighted by Gasteiger charge is 2.25. The molecule has 8 heteroatoms. The molecule has 1 aliphatic heterocycles. The molecule has 0 aliphatic carbocycles. The molecule has 0 atom stereocenters. The second-order valence-electron chi connectivity index (χ2n) is 6.62. The molecule has 0 bridgehead atoms. The van der Waals surface area contributed by atoms with E-state index in [1.54, 1.807) is 37.2 Å². The molecule has 0 aromatic heterocycles. The second kappa shape index (κ2) is 7.85. The number of aryl methyl sites for hydroxylation is 2. The molecular formula is C20H20N4O3S. The zero-order chi connectivity index (χ0) is 20.4. The number of rotatable bonds is 4. The van der Waals surface area contributed by atoms with E-state index in [0.29, 0.717) is 21.3 Å². The molecule has 0 unspecified atom stereocenters. The van der Waals surface area contributed by atoms with Gasteiger partial charge in [0.2, 0.25) is 0 Å². The maximum Gasteiger partial charge on any atom is 0.293 e. The lowest BCUT2D eigenvalue weighted by Gasteiger charge is -2.12. The minimum absolute atomic E-state index is 0.00724. The lowest BCUT2D eigenvalue weighted by molar-refractivity contribution is -0.384. The van der Waals surface area contributed by atoms with Gasteiger partial charge in [0.1, 0.15) is 5.69 Å². The average molecular weight is 396 g/mol. The van der Waals surface area contributed by atoms with E-state index in [1.165, 1.54) is 17.8 Å². The second-order valence-corrected chi connectivity index (χ2v) is 7.65. The van der Waals surface area contributed by atoms with Crippen LogP contribution in [-0.2, 0) is 4.79 Å². The van der Waals surface area contributed by atoms with E-state index >= 15 is 0 Å². The molecule has 28 heavy (non-hydrogen) atoms. The number of amides is 1. The summed E-state index contributed by atoms with van der Waals surface area (Å²) in [5.41, 5.74) is 3.96. The third-order valence-electron chi connectivity index (χ3n) is 4.28. The highest BCUT2D eigenvalue weighted by Crippen LogP contribution is 2.33. The fourth-order valence-electron chi connectivity index (χ4n) is 2.87. The van der Waals surface area contributed by atoms with Crippen LogP contribution in [0.5, 0.6) is 0 Å². The first kappa shape index (κ1) is 19.6. The highest BCUT2D eigenvalue weighted by molar-refractivity contribution is 8.18. The van der Waals surface area contributed by atoms with Crippen molar-refractivity contribution in [2.75, 3.05) is 19.0 Å². The van der Waals surface area contributed by atoms with Crippen molar-refractivity contribution in [3.05, 3.63) is 68.1 Å². The summed E-state index contributed by atoms with van der Waals surface area (Å²) in [4.78, 5) is 29.9. The van der Waals surface area contributed by atoms with Crippen LogP contribution in [0.4, 0.5) is 17.1 Å². The number of para-hydroxylation sites is 1. The topological polar surface area (TPSA) is 87.8 Å². The number of nitrogens with zero attached hydrogens (tertiary/aromatic N) is 3. The Morgan fingerprint density at radius 1 is 1.18 bits per heavy atom. The fraction of sp³-hybridized carbons (Fsp3) is 0.200. The molecule has 1 heterocycles. The summed E-state index contributed by atoms with van der Waals surface area (Å²) < 4.78 is 0. The van der Waals surface area contributed by atoms with Crippen LogP contribution >= 0.6 is 11.8 Å². The molecule has 0 saturated carbocycles. The van der Waals surface area contributed by atoms with E-state index in [9.17, 15) is 14.9 Å². The highest BCUT2D eigenvalue weighted by atomic mass is 32.2. The monoisotopic (exact) mass is 396 g/mol.